The fraction of sp³-hybridized carbons (Fsp3) is 0.760. The lowest BCUT2D eigenvalue weighted by Gasteiger charge is -2.13. The first-order chi connectivity index (χ1) is 25.0. The molecule has 6 heterocycles. The number of carbonyl (C=O) groups excluding carboxylic acids is 6. The van der Waals surface area contributed by atoms with Crippen LogP contribution in [0.5, 0.6) is 0 Å². The van der Waals surface area contributed by atoms with E-state index in [-0.39, 0.29) is 66.7 Å². The van der Waals surface area contributed by atoms with Gasteiger partial charge in [0.05, 0.1) is 27.3 Å². The summed E-state index contributed by atoms with van der Waals surface area (Å²) < 4.78 is 0. The first-order valence-corrected chi connectivity index (χ1v) is 15.8. The highest BCUT2D eigenvalue weighted by atomic mass is 16.7. The molecular weight excluding hydrogens is 720 g/mol. The Morgan fingerprint density at radius 2 is 1.00 bits per heavy atom. The SMILES string of the molecule is CN1CCN(C)C1=O.CN1CCNC1=O.CON1CCN(OC)C1=O.O=C1N(CO)CCN1CO.O=C1N([N+](=O)[O-])CCN1[N+](=O)[O-].O=C1NCCN1. The molecule has 0 spiro atoms. The zero-order valence-corrected chi connectivity index (χ0v) is 30.1. The number of aliphatic hydroxyl groups excluding tert-OH is 2. The molecule has 6 saturated heterocycles. The van der Waals surface area contributed by atoms with Crippen molar-refractivity contribution in [3.8, 4) is 0 Å². The topological polar surface area (TPSA) is 313 Å². The molecule has 6 aliphatic heterocycles. The minimum Gasteiger partial charge on any atom is -0.376 e. The van der Waals surface area contributed by atoms with Gasteiger partial charge in [0.15, 0.2) is 10.1 Å². The highest BCUT2D eigenvalue weighted by Gasteiger charge is 2.44. The molecule has 53 heavy (non-hydrogen) atoms. The molecule has 0 bridgehead atoms. The van der Waals surface area contributed by atoms with Gasteiger partial charge in [0.25, 0.3) is 0 Å². The van der Waals surface area contributed by atoms with E-state index in [1.54, 1.807) is 21.7 Å². The Kier molecular flexibility index (Phi) is 19.6. The molecule has 0 saturated carbocycles. The number of carbonyl (C=O) groups is 6. The molecule has 28 heteroatoms. The number of likely N-dealkylation sites (N-methyl/N-ethyl adjacent to an activating group) is 3. The lowest BCUT2D eigenvalue weighted by Crippen LogP contribution is -2.38. The van der Waals surface area contributed by atoms with E-state index < -0.39 is 16.1 Å². The number of nitro groups is 2. The standard InChI is InChI=1S/2C5H10N2O3.C5H10N2O.C4H8N2O.C3H4N4O5.C3H6N2O/c1-9-6-3-4-7(10-2)5(6)8;8-3-6-1-2-7(4-9)5(6)10;1-6-3-4-7(2)5(6)8;1-6-3-2-5-4(6)7;8-3-4(6(9)10)1-2-5(3)7(11)12;6-3-4-1-2-5-3/h3-4H2,1-2H3;8-9H,1-4H2;3-4H2,1-2H3;2-3H2,1H3,(H,5,7);1-2H2;1-2H2,(H2,4,5,6). The lowest BCUT2D eigenvalue weighted by atomic mass is 10.6. The van der Waals surface area contributed by atoms with Crippen molar-refractivity contribution < 1.29 is 58.7 Å². The molecule has 5 N–H and O–H groups in total. The first-order valence-electron chi connectivity index (χ1n) is 15.8. The third kappa shape index (κ3) is 14.4. The summed E-state index contributed by atoms with van der Waals surface area (Å²) in [4.78, 5) is 101. The van der Waals surface area contributed by atoms with Gasteiger partial charge in [0.1, 0.15) is 26.6 Å². The Morgan fingerprint density at radius 3 is 1.17 bits per heavy atom. The summed E-state index contributed by atoms with van der Waals surface area (Å²) in [6.07, 6.45) is 0. The second-order valence-electron chi connectivity index (χ2n) is 10.9. The van der Waals surface area contributed by atoms with Gasteiger partial charge in [0, 0.05) is 73.5 Å². The number of rotatable bonds is 6. The van der Waals surface area contributed by atoms with Crippen molar-refractivity contribution in [3.05, 3.63) is 20.2 Å². The summed E-state index contributed by atoms with van der Waals surface area (Å²) in [5.74, 6) is 0. The van der Waals surface area contributed by atoms with Crippen molar-refractivity contribution in [1.29, 1.82) is 0 Å². The number of urea groups is 6. The molecule has 6 aliphatic rings. The molecule has 0 atom stereocenters. The molecule has 0 unspecified atom stereocenters. The minimum atomic E-state index is -1.20. The number of hydroxylamine groups is 4. The zero-order valence-electron chi connectivity index (χ0n) is 30.1. The lowest BCUT2D eigenvalue weighted by molar-refractivity contribution is -0.647. The predicted molar refractivity (Wildman–Crippen MR) is 177 cm³/mol. The Balaban J connectivity index is 0.000000322. The van der Waals surface area contributed by atoms with Gasteiger partial charge < -0.3 is 40.9 Å². The van der Waals surface area contributed by atoms with Crippen molar-refractivity contribution >= 4 is 36.2 Å². The van der Waals surface area contributed by atoms with Crippen molar-refractivity contribution in [2.24, 2.45) is 0 Å². The highest BCUT2D eigenvalue weighted by Crippen LogP contribution is 2.08. The number of aliphatic hydroxyl groups is 2. The molecular formula is C25H48N14O14. The Morgan fingerprint density at radius 1 is 0.566 bits per heavy atom. The Hall–Kier alpha value is -5.74. The average molecular weight is 769 g/mol. The third-order valence-corrected chi connectivity index (χ3v) is 7.45. The summed E-state index contributed by atoms with van der Waals surface area (Å²) in [5.41, 5.74) is 0. The summed E-state index contributed by atoms with van der Waals surface area (Å²) in [6.45, 7) is 6.00. The number of hydrazine groups is 2. The van der Waals surface area contributed by atoms with Gasteiger partial charge in [-0.3, -0.25) is 19.5 Å². The van der Waals surface area contributed by atoms with Crippen LogP contribution in [0.2, 0.25) is 0 Å². The van der Waals surface area contributed by atoms with Crippen LogP contribution >= 0.6 is 0 Å². The Bertz CT molecular complexity index is 1180. The van der Waals surface area contributed by atoms with Gasteiger partial charge in [-0.15, -0.1) is 0 Å². The van der Waals surface area contributed by atoms with E-state index in [0.717, 1.165) is 39.3 Å². The molecule has 0 radical (unpaired) electrons. The van der Waals surface area contributed by atoms with Crippen LogP contribution in [0.4, 0.5) is 28.8 Å². The fourth-order valence-corrected chi connectivity index (χ4v) is 4.31. The van der Waals surface area contributed by atoms with Crippen LogP contribution < -0.4 is 16.0 Å². The summed E-state index contributed by atoms with van der Waals surface area (Å²) in [6, 6.07) is -1.62. The Labute approximate surface area is 303 Å². The molecule has 6 fully saturated rings. The van der Waals surface area contributed by atoms with E-state index in [4.69, 9.17) is 19.9 Å². The second-order valence-corrected chi connectivity index (χ2v) is 10.9. The van der Waals surface area contributed by atoms with Crippen LogP contribution in [0.15, 0.2) is 0 Å². The van der Waals surface area contributed by atoms with Crippen molar-refractivity contribution in [2.45, 2.75) is 0 Å². The van der Waals surface area contributed by atoms with Crippen LogP contribution in [0.1, 0.15) is 0 Å². The third-order valence-electron chi connectivity index (χ3n) is 7.45. The smallest absolute Gasteiger partial charge is 0.376 e. The molecule has 0 aromatic heterocycles. The summed E-state index contributed by atoms with van der Waals surface area (Å²) >= 11 is 0. The quantitative estimate of drug-likeness (QED) is 0.129. The van der Waals surface area contributed by atoms with Crippen molar-refractivity contribution in [1.82, 2.24) is 60.6 Å². The highest BCUT2D eigenvalue weighted by molar-refractivity contribution is 5.77. The van der Waals surface area contributed by atoms with Gasteiger partial charge in [-0.25, -0.2) is 49.0 Å². The van der Waals surface area contributed by atoms with Gasteiger partial charge in [-0.05, 0) is 10.0 Å². The van der Waals surface area contributed by atoms with E-state index in [2.05, 4.69) is 16.0 Å². The molecule has 302 valence electrons. The van der Waals surface area contributed by atoms with Crippen LogP contribution in [-0.2, 0) is 9.68 Å². The molecule has 0 aliphatic carbocycles. The van der Waals surface area contributed by atoms with Crippen LogP contribution in [0.25, 0.3) is 0 Å². The fourth-order valence-electron chi connectivity index (χ4n) is 4.31. The average Bonchev–Trinajstić information content (AvgIpc) is 4.00. The first kappa shape index (κ1) is 45.3. The van der Waals surface area contributed by atoms with Gasteiger partial charge in [-0.1, -0.05) is 0 Å². The van der Waals surface area contributed by atoms with Gasteiger partial charge in [0.2, 0.25) is 0 Å². The normalized spacial score (nSPS) is 18.9. The zero-order chi connectivity index (χ0) is 40.2. The van der Waals surface area contributed by atoms with Gasteiger partial charge in [-0.2, -0.15) is 10.1 Å². The van der Waals surface area contributed by atoms with Crippen molar-refractivity contribution in [2.75, 3.05) is 127 Å². The predicted octanol–water partition coefficient (Wildman–Crippen LogP) is -3.50. The molecule has 0 aromatic rings. The van der Waals surface area contributed by atoms with Crippen LogP contribution in [-0.4, -0.2) is 228 Å². The van der Waals surface area contributed by atoms with Crippen LogP contribution in [0.3, 0.4) is 0 Å². The summed E-state index contributed by atoms with van der Waals surface area (Å²) in [7, 11) is 8.31. The van der Waals surface area contributed by atoms with Crippen LogP contribution in [0, 0.1) is 20.2 Å². The maximum absolute atomic E-state index is 11.0. The number of amides is 12. The molecule has 28 nitrogen and oxygen atoms in total. The maximum Gasteiger partial charge on any atom is 0.435 e. The number of hydrogen-bond donors (Lipinski definition) is 5. The minimum absolute atomic E-state index is 0.0417. The number of hydrogen-bond acceptors (Lipinski definition) is 14. The van der Waals surface area contributed by atoms with E-state index in [0.29, 0.717) is 26.2 Å². The molecule has 6 rings (SSSR count). The van der Waals surface area contributed by atoms with Gasteiger partial charge >= 0.3 is 36.2 Å². The van der Waals surface area contributed by atoms with E-state index in [1.807, 2.05) is 14.1 Å². The van der Waals surface area contributed by atoms with E-state index in [9.17, 15) is 49.0 Å². The van der Waals surface area contributed by atoms with Crippen molar-refractivity contribution in [3.63, 3.8) is 0 Å². The maximum atomic E-state index is 11.0. The molecule has 12 amide bonds. The largest absolute Gasteiger partial charge is 0.435 e. The second kappa shape index (κ2) is 22.9. The number of nitrogens with one attached hydrogen (secondary N) is 3. The van der Waals surface area contributed by atoms with E-state index >= 15 is 0 Å². The number of nitrogens with zero attached hydrogens (tertiary/aromatic N) is 11. The van der Waals surface area contributed by atoms with E-state index in [1.165, 1.54) is 34.1 Å². The monoisotopic (exact) mass is 768 g/mol. The molecule has 0 aromatic carbocycles. The summed E-state index contributed by atoms with van der Waals surface area (Å²) in [5, 5.41) is 45.9.